The van der Waals surface area contributed by atoms with Gasteiger partial charge in [-0.1, -0.05) is 147 Å². The molecular formula is C70H77Br3F2N6O7. The second-order valence-corrected chi connectivity index (χ2v) is 24.6. The molecule has 0 unspecified atom stereocenters. The molecule has 0 aliphatic rings. The van der Waals surface area contributed by atoms with E-state index in [1.165, 1.54) is 24.3 Å². The maximum atomic E-state index is 13.2. The quantitative estimate of drug-likeness (QED) is 0.0567. The summed E-state index contributed by atoms with van der Waals surface area (Å²) >= 11 is 10.0. The van der Waals surface area contributed by atoms with Crippen LogP contribution >= 0.6 is 47.8 Å². The number of carbonyl (C=O) groups is 4. The lowest BCUT2D eigenvalue weighted by molar-refractivity contribution is -0.137. The second kappa shape index (κ2) is 37.1. The van der Waals surface area contributed by atoms with Gasteiger partial charge in [0.2, 0.25) is 5.91 Å². The Bertz CT molecular complexity index is 3950. The van der Waals surface area contributed by atoms with Crippen LogP contribution < -0.4 is 22.2 Å². The van der Waals surface area contributed by atoms with Crippen LogP contribution in [0.4, 0.5) is 20.2 Å². The van der Waals surface area contributed by atoms with Gasteiger partial charge in [0.1, 0.15) is 23.3 Å². The van der Waals surface area contributed by atoms with Crippen LogP contribution in [0, 0.1) is 59.5 Å². The fourth-order valence-corrected chi connectivity index (χ4v) is 9.11. The maximum Gasteiger partial charge on any atom is 0.303 e. The first-order chi connectivity index (χ1) is 41.5. The SMILES string of the molecule is C#Cc1cccc(F)c1.CC(C)CC(=O)O.CC(C)Cc1nc2cc(Br)ccc2c(=O)n1C.CC(C)Cc1nc2cc(C#Cc3cccc(F)c3)ccc2c(=O)n1C.CCC(=O)c1ccc(Br)cc1N.CCC(=O)c1ccc(Br)cc1NC(=O)CC(C)C. The lowest BCUT2D eigenvalue weighted by atomic mass is 10.1. The van der Waals surface area contributed by atoms with Crippen molar-refractivity contribution in [2.45, 2.75) is 108 Å². The molecule has 0 aliphatic heterocycles. The van der Waals surface area contributed by atoms with Crippen LogP contribution in [0.15, 0.2) is 144 Å². The highest BCUT2D eigenvalue weighted by atomic mass is 79.9. The number of aliphatic carboxylic acids is 1. The summed E-state index contributed by atoms with van der Waals surface area (Å²) in [5, 5.41) is 12.1. The molecule has 8 aromatic rings. The van der Waals surface area contributed by atoms with E-state index in [2.05, 4.69) is 109 Å². The van der Waals surface area contributed by atoms with Gasteiger partial charge in [-0.3, -0.25) is 37.9 Å². The van der Waals surface area contributed by atoms with Crippen molar-refractivity contribution < 1.29 is 33.1 Å². The number of anilines is 2. The number of amides is 1. The maximum absolute atomic E-state index is 13.2. The predicted molar refractivity (Wildman–Crippen MR) is 363 cm³/mol. The molecule has 0 bridgehead atoms. The van der Waals surface area contributed by atoms with Crippen LogP contribution in [0.1, 0.15) is 144 Å². The standard InChI is InChI=1S/C21H19FN2O.C14H18BrNO2.C13H15BrN2O.C9H10BrNO.C8H5F.C5H10O2/c1-14(2)11-20-23-19-13-16(9-10-18(19)21(25)24(20)3)8-7-15-5-4-6-17(22)12-15;1-4-13(17)11-6-5-10(15)8-12(11)16-14(18)7-9(2)3;1-8(2)6-12-15-11-7-9(14)4-5-10(11)13(17)16(12)3;1-2-9(12)7-4-3-6(10)5-8(7)11;1-2-7-4-3-5-8(9)6-7;1-4(2)3-5(6)7/h4-6,9-10,12-14H,11H2,1-3H3;5-6,8-9H,4,7H2,1-3H3,(H,16,18);4-5,7-8H,6H2,1-3H3;3-5H,2,11H2,1H3;1,3-6H;4H,3H2,1-2H3,(H,6,7). The van der Waals surface area contributed by atoms with Gasteiger partial charge in [-0.2, -0.15) is 0 Å². The number of fused-ring (bicyclic) bond motifs is 2. The monoisotopic (exact) mass is 1390 g/mol. The molecule has 4 N–H and O–H groups in total. The number of nitrogens with zero attached hydrogens (tertiary/aromatic N) is 4. The van der Waals surface area contributed by atoms with Crippen LogP contribution in [0.3, 0.4) is 0 Å². The number of benzene rings is 6. The molecule has 0 spiro atoms. The Morgan fingerprint density at radius 1 is 0.580 bits per heavy atom. The summed E-state index contributed by atoms with van der Waals surface area (Å²) in [6.07, 6.45) is 8.20. The van der Waals surface area contributed by atoms with Crippen LogP contribution in [-0.4, -0.2) is 47.7 Å². The number of carboxylic acids is 1. The zero-order chi connectivity index (χ0) is 65.9. The van der Waals surface area contributed by atoms with Gasteiger partial charge in [0, 0.05) is 99.5 Å². The van der Waals surface area contributed by atoms with Crippen molar-refractivity contribution in [3.05, 3.63) is 207 Å². The summed E-state index contributed by atoms with van der Waals surface area (Å²) in [5.74, 6) is 10.1. The number of hydrogen-bond donors (Lipinski definition) is 3. The number of aromatic nitrogens is 4. The summed E-state index contributed by atoms with van der Waals surface area (Å²) in [6, 6.07) is 33.6. The van der Waals surface area contributed by atoms with Gasteiger partial charge in [0.15, 0.2) is 11.6 Å². The van der Waals surface area contributed by atoms with Crippen molar-refractivity contribution in [2.24, 2.45) is 37.8 Å². The number of halogens is 5. The Hall–Kier alpha value is -7.90. The Morgan fingerprint density at radius 3 is 1.45 bits per heavy atom. The summed E-state index contributed by atoms with van der Waals surface area (Å²) < 4.78 is 31.4. The fraction of sp³-hybridized carbons (Fsp3) is 0.314. The molecule has 464 valence electrons. The van der Waals surface area contributed by atoms with Crippen LogP contribution in [0.25, 0.3) is 21.8 Å². The van der Waals surface area contributed by atoms with Gasteiger partial charge >= 0.3 is 5.97 Å². The highest BCUT2D eigenvalue weighted by molar-refractivity contribution is 9.11. The first kappa shape index (κ1) is 74.4. The van der Waals surface area contributed by atoms with Crippen molar-refractivity contribution in [3.8, 4) is 24.2 Å². The molecule has 0 fully saturated rings. The third-order valence-electron chi connectivity index (χ3n) is 12.3. The largest absolute Gasteiger partial charge is 0.481 e. The molecule has 2 aromatic heterocycles. The predicted octanol–water partition coefficient (Wildman–Crippen LogP) is 16.1. The minimum absolute atomic E-state index is 0.0261. The van der Waals surface area contributed by atoms with E-state index in [9.17, 15) is 37.5 Å². The fourth-order valence-electron chi connectivity index (χ4n) is 8.02. The first-order valence-electron chi connectivity index (χ1n) is 28.5. The molecule has 1 amide bonds. The van der Waals surface area contributed by atoms with E-state index in [0.717, 1.165) is 49.0 Å². The van der Waals surface area contributed by atoms with Crippen LogP contribution in [-0.2, 0) is 36.5 Å². The molecule has 8 rings (SSSR count). The Balaban J connectivity index is 0.000000289. The van der Waals surface area contributed by atoms with E-state index in [1.807, 2.05) is 71.9 Å². The minimum atomic E-state index is -0.713. The highest BCUT2D eigenvalue weighted by Gasteiger charge is 2.15. The van der Waals surface area contributed by atoms with E-state index < -0.39 is 5.97 Å². The van der Waals surface area contributed by atoms with Gasteiger partial charge in [-0.25, -0.2) is 18.7 Å². The number of carboxylic acid groups (broad SMARTS) is 1. The summed E-state index contributed by atoms with van der Waals surface area (Å²) in [4.78, 5) is 78.5. The third kappa shape index (κ3) is 25.4. The van der Waals surface area contributed by atoms with Gasteiger partial charge in [0.25, 0.3) is 11.1 Å². The molecule has 2 heterocycles. The topological polar surface area (TPSA) is 196 Å². The normalized spacial score (nSPS) is 10.4. The minimum Gasteiger partial charge on any atom is -0.481 e. The van der Waals surface area contributed by atoms with E-state index in [1.54, 1.807) is 90.0 Å². The van der Waals surface area contributed by atoms with Gasteiger partial charge in [0.05, 0.1) is 27.5 Å². The molecule has 0 radical (unpaired) electrons. The molecule has 88 heavy (non-hydrogen) atoms. The Morgan fingerprint density at radius 2 is 1.01 bits per heavy atom. The van der Waals surface area contributed by atoms with E-state index in [-0.39, 0.29) is 52.6 Å². The smallest absolute Gasteiger partial charge is 0.303 e. The number of terminal acetylenes is 1. The molecule has 13 nitrogen and oxygen atoms in total. The van der Waals surface area contributed by atoms with Gasteiger partial charge < -0.3 is 16.2 Å². The lowest BCUT2D eigenvalue weighted by Crippen LogP contribution is -2.23. The highest BCUT2D eigenvalue weighted by Crippen LogP contribution is 2.24. The zero-order valence-corrected chi connectivity index (χ0v) is 56.6. The van der Waals surface area contributed by atoms with Crippen molar-refractivity contribution in [3.63, 3.8) is 0 Å². The number of Topliss-reactive ketones (excluding diaryl/α,β-unsaturated/α-hetero) is 2. The molecule has 0 saturated carbocycles. The summed E-state index contributed by atoms with van der Waals surface area (Å²) in [6.45, 7) is 19.8. The molecule has 0 atom stereocenters. The molecule has 0 saturated heterocycles. The summed E-state index contributed by atoms with van der Waals surface area (Å²) in [5.41, 5.74) is 11.3. The number of rotatable bonds is 13. The van der Waals surface area contributed by atoms with E-state index in [4.69, 9.17) is 17.3 Å². The Kier molecular flexibility index (Phi) is 31.3. The van der Waals surface area contributed by atoms with Crippen molar-refractivity contribution in [2.75, 3.05) is 11.1 Å². The third-order valence-corrected chi connectivity index (χ3v) is 13.8. The second-order valence-electron chi connectivity index (χ2n) is 21.9. The van der Waals surface area contributed by atoms with Crippen LogP contribution in [0.5, 0.6) is 0 Å². The van der Waals surface area contributed by atoms with E-state index >= 15 is 0 Å². The first-order valence-corrected chi connectivity index (χ1v) is 30.9. The number of nitrogens with one attached hydrogen (secondary N) is 1. The molecule has 18 heteroatoms. The van der Waals surface area contributed by atoms with Gasteiger partial charge in [-0.05, 0) is 133 Å². The zero-order valence-electron chi connectivity index (χ0n) is 51.8. The van der Waals surface area contributed by atoms with E-state index in [0.29, 0.717) is 86.9 Å². The van der Waals surface area contributed by atoms with Crippen LogP contribution in [0.2, 0.25) is 0 Å². The van der Waals surface area contributed by atoms with Crippen molar-refractivity contribution in [1.82, 2.24) is 19.1 Å². The average molecular weight is 1390 g/mol. The molecule has 0 aliphatic carbocycles. The number of hydrogen-bond acceptors (Lipinski definition) is 9. The van der Waals surface area contributed by atoms with Crippen molar-refractivity contribution in [1.29, 1.82) is 0 Å². The molecule has 6 aromatic carbocycles. The number of ketones is 2. The van der Waals surface area contributed by atoms with Gasteiger partial charge in [-0.15, -0.1) is 6.42 Å². The number of nitrogens with two attached hydrogens (primary N) is 1. The molecular weight excluding hydrogens is 1310 g/mol. The average Bonchev–Trinajstić information content (AvgIpc) is 1.17. The van der Waals surface area contributed by atoms with Crippen molar-refractivity contribution >= 4 is 104 Å². The Labute approximate surface area is 540 Å². The number of carbonyl (C=O) groups excluding carboxylic acids is 3. The lowest BCUT2D eigenvalue weighted by Gasteiger charge is -2.11. The number of nitrogen functional groups attached to an aromatic ring is 1. The summed E-state index contributed by atoms with van der Waals surface area (Å²) in [7, 11) is 3.54.